The van der Waals surface area contributed by atoms with Crippen LogP contribution in [0.3, 0.4) is 0 Å². The van der Waals surface area contributed by atoms with E-state index in [1.54, 1.807) is 6.07 Å². The van der Waals surface area contributed by atoms with Crippen LogP contribution in [0.25, 0.3) is 0 Å². The summed E-state index contributed by atoms with van der Waals surface area (Å²) in [6, 6.07) is 4.42. The highest BCUT2D eigenvalue weighted by atomic mass is 32.2. The number of ether oxygens (including phenoxy) is 1. The van der Waals surface area contributed by atoms with Gasteiger partial charge in [0.1, 0.15) is 12.4 Å². The minimum atomic E-state index is -3.97. The lowest BCUT2D eigenvalue weighted by atomic mass is 9.91. The number of aromatic nitrogens is 2. The summed E-state index contributed by atoms with van der Waals surface area (Å²) < 4.78 is 36.7. The fourth-order valence-electron chi connectivity index (χ4n) is 6.00. The van der Waals surface area contributed by atoms with E-state index in [4.69, 9.17) is 9.84 Å². The SMILES string of the molecule is CC(=O)N1CCOc2ccc(S(=O)(=O)N3CCCNC(=O)c4nn(CCC(C)C)c5c4CC(CC5)NC(=O)CCC3)cc21. The molecule has 13 heteroatoms. The number of nitrogens with zero attached hydrogens (tertiary/aromatic N) is 4. The normalized spacial score (nSPS) is 20.4. The van der Waals surface area contributed by atoms with Gasteiger partial charge in [-0.05, 0) is 62.6 Å². The average molecular weight is 615 g/mol. The Morgan fingerprint density at radius 1 is 1.14 bits per heavy atom. The van der Waals surface area contributed by atoms with Crippen LogP contribution in [0.5, 0.6) is 5.75 Å². The zero-order chi connectivity index (χ0) is 30.7. The fraction of sp³-hybridized carbons (Fsp3) is 0.600. The first-order valence-electron chi connectivity index (χ1n) is 15.3. The highest BCUT2D eigenvalue weighted by Gasteiger charge is 2.32. The first kappa shape index (κ1) is 31.0. The Balaban J connectivity index is 1.37. The number of carbonyl (C=O) groups excluding carboxylic acids is 3. The third-order valence-electron chi connectivity index (χ3n) is 8.34. The van der Waals surface area contributed by atoms with Crippen LogP contribution in [-0.4, -0.2) is 79.1 Å². The number of rotatable bonds is 5. The Kier molecular flexibility index (Phi) is 9.40. The number of anilines is 1. The first-order valence-corrected chi connectivity index (χ1v) is 16.7. The van der Waals surface area contributed by atoms with E-state index < -0.39 is 10.0 Å². The highest BCUT2D eigenvalue weighted by molar-refractivity contribution is 7.89. The summed E-state index contributed by atoms with van der Waals surface area (Å²) in [6.45, 7) is 7.72. The monoisotopic (exact) mass is 614 g/mol. The van der Waals surface area contributed by atoms with E-state index >= 15 is 0 Å². The number of sulfonamides is 1. The predicted molar refractivity (Wildman–Crippen MR) is 161 cm³/mol. The van der Waals surface area contributed by atoms with Gasteiger partial charge in [0, 0.05) is 56.8 Å². The van der Waals surface area contributed by atoms with Crippen LogP contribution >= 0.6 is 0 Å². The summed E-state index contributed by atoms with van der Waals surface area (Å²) >= 11 is 0. The number of nitrogens with one attached hydrogen (secondary N) is 2. The van der Waals surface area contributed by atoms with E-state index in [-0.39, 0.29) is 54.7 Å². The van der Waals surface area contributed by atoms with Gasteiger partial charge in [-0.15, -0.1) is 0 Å². The van der Waals surface area contributed by atoms with Crippen molar-refractivity contribution in [2.24, 2.45) is 5.92 Å². The molecule has 2 N–H and O–H groups in total. The summed E-state index contributed by atoms with van der Waals surface area (Å²) in [6.07, 6.45) is 3.90. The van der Waals surface area contributed by atoms with Crippen molar-refractivity contribution in [1.29, 1.82) is 0 Å². The molecule has 1 aromatic carbocycles. The zero-order valence-electron chi connectivity index (χ0n) is 25.2. The van der Waals surface area contributed by atoms with Crippen molar-refractivity contribution in [1.82, 2.24) is 24.7 Å². The summed E-state index contributed by atoms with van der Waals surface area (Å²) in [7, 11) is -3.97. The molecule has 5 rings (SSSR count). The Morgan fingerprint density at radius 3 is 2.70 bits per heavy atom. The lowest BCUT2D eigenvalue weighted by Crippen LogP contribution is -2.40. The molecule has 1 atom stereocenters. The molecule has 2 aromatic rings. The lowest BCUT2D eigenvalue weighted by molar-refractivity contribution is -0.122. The molecule has 1 aliphatic carbocycles. The molecule has 0 saturated heterocycles. The number of aryl methyl sites for hydroxylation is 1. The molecule has 1 aromatic heterocycles. The van der Waals surface area contributed by atoms with Gasteiger partial charge in [-0.1, -0.05) is 13.8 Å². The summed E-state index contributed by atoms with van der Waals surface area (Å²) in [5, 5.41) is 10.8. The van der Waals surface area contributed by atoms with Crippen molar-refractivity contribution >= 4 is 33.4 Å². The Morgan fingerprint density at radius 2 is 1.93 bits per heavy atom. The maximum Gasteiger partial charge on any atom is 0.272 e. The molecular formula is C30H42N6O6S. The molecule has 3 heterocycles. The number of fused-ring (bicyclic) bond motifs is 2. The molecule has 0 fully saturated rings. The molecule has 0 radical (unpaired) electrons. The van der Waals surface area contributed by atoms with Crippen molar-refractivity contribution in [2.75, 3.05) is 37.7 Å². The van der Waals surface area contributed by atoms with Gasteiger partial charge in [-0.2, -0.15) is 9.40 Å². The van der Waals surface area contributed by atoms with Gasteiger partial charge in [0.05, 0.1) is 17.1 Å². The molecule has 3 amide bonds. The van der Waals surface area contributed by atoms with E-state index in [1.165, 1.54) is 28.3 Å². The zero-order valence-corrected chi connectivity index (χ0v) is 26.0. The van der Waals surface area contributed by atoms with E-state index in [1.807, 2.05) is 4.68 Å². The molecule has 234 valence electrons. The van der Waals surface area contributed by atoms with Gasteiger partial charge in [0.25, 0.3) is 5.91 Å². The fourth-order valence-corrected chi connectivity index (χ4v) is 7.54. The van der Waals surface area contributed by atoms with E-state index in [0.29, 0.717) is 55.5 Å². The minimum absolute atomic E-state index is 0.0458. The Bertz CT molecular complexity index is 1490. The number of carbonyl (C=O) groups is 3. The second-order valence-electron chi connectivity index (χ2n) is 12.0. The molecule has 0 saturated carbocycles. The van der Waals surface area contributed by atoms with E-state index in [2.05, 4.69) is 24.5 Å². The van der Waals surface area contributed by atoms with Crippen LogP contribution in [0.15, 0.2) is 23.1 Å². The molecule has 43 heavy (non-hydrogen) atoms. The van der Waals surface area contributed by atoms with Crippen molar-refractivity contribution in [3.05, 3.63) is 35.2 Å². The van der Waals surface area contributed by atoms with Crippen LogP contribution in [0.4, 0.5) is 5.69 Å². The standard InChI is InChI=1S/C30H42N6O6S/c1-20(2)11-15-36-25-9-7-22-18-24(25)29(33-36)30(39)31-12-5-14-34(13-4-6-28(38)32-22)43(40,41)23-8-10-27-26(19-23)35(21(3)37)16-17-42-27/h8,10,19-20,22H,4-7,9,11-18H2,1-3H3,(H,31,39)(H,32,38). The van der Waals surface area contributed by atoms with Gasteiger partial charge in [-0.3, -0.25) is 19.1 Å². The third-order valence-corrected chi connectivity index (χ3v) is 10.2. The Hall–Kier alpha value is -3.45. The number of hydrogen-bond donors (Lipinski definition) is 2. The largest absolute Gasteiger partial charge is 0.490 e. The summed E-state index contributed by atoms with van der Waals surface area (Å²) in [4.78, 5) is 40.0. The quantitative estimate of drug-likeness (QED) is 0.526. The predicted octanol–water partition coefficient (Wildman–Crippen LogP) is 2.25. The van der Waals surface area contributed by atoms with Crippen molar-refractivity contribution in [2.45, 2.75) is 83.2 Å². The lowest BCUT2D eigenvalue weighted by Gasteiger charge is -2.29. The molecule has 2 aliphatic heterocycles. The molecule has 12 nitrogen and oxygen atoms in total. The Labute approximate surface area is 253 Å². The summed E-state index contributed by atoms with van der Waals surface area (Å²) in [5.74, 6) is 0.340. The third kappa shape index (κ3) is 6.87. The number of amides is 3. The second kappa shape index (κ2) is 13.0. The van der Waals surface area contributed by atoms with Crippen LogP contribution in [0, 0.1) is 5.92 Å². The smallest absolute Gasteiger partial charge is 0.272 e. The molecule has 0 spiro atoms. The maximum absolute atomic E-state index is 13.9. The topological polar surface area (TPSA) is 143 Å². The van der Waals surface area contributed by atoms with Crippen LogP contribution in [0.1, 0.15) is 74.6 Å². The van der Waals surface area contributed by atoms with Gasteiger partial charge in [-0.25, -0.2) is 8.42 Å². The average Bonchev–Trinajstić information content (AvgIpc) is 3.33. The molecule has 2 bridgehead atoms. The van der Waals surface area contributed by atoms with Gasteiger partial charge < -0.3 is 20.3 Å². The first-order chi connectivity index (χ1) is 20.5. The molecule has 3 aliphatic rings. The van der Waals surface area contributed by atoms with Gasteiger partial charge >= 0.3 is 0 Å². The van der Waals surface area contributed by atoms with Crippen molar-refractivity contribution in [3.8, 4) is 5.75 Å². The molecule has 1 unspecified atom stereocenters. The van der Waals surface area contributed by atoms with E-state index in [9.17, 15) is 22.8 Å². The highest BCUT2D eigenvalue weighted by Crippen LogP contribution is 2.35. The minimum Gasteiger partial charge on any atom is -0.490 e. The van der Waals surface area contributed by atoms with Crippen molar-refractivity contribution in [3.63, 3.8) is 0 Å². The molecular weight excluding hydrogens is 572 g/mol. The van der Waals surface area contributed by atoms with Crippen LogP contribution in [0.2, 0.25) is 0 Å². The van der Waals surface area contributed by atoms with Crippen LogP contribution in [-0.2, 0) is 39.0 Å². The van der Waals surface area contributed by atoms with Gasteiger partial charge in [0.15, 0.2) is 5.69 Å². The number of benzene rings is 1. The van der Waals surface area contributed by atoms with Gasteiger partial charge in [0.2, 0.25) is 21.8 Å². The van der Waals surface area contributed by atoms with Crippen molar-refractivity contribution < 1.29 is 27.5 Å². The van der Waals surface area contributed by atoms with E-state index in [0.717, 1.165) is 37.1 Å². The second-order valence-corrected chi connectivity index (χ2v) is 13.9. The van der Waals surface area contributed by atoms with Crippen LogP contribution < -0.4 is 20.3 Å². The number of hydrogen-bond acceptors (Lipinski definition) is 7. The summed E-state index contributed by atoms with van der Waals surface area (Å²) in [5.41, 5.74) is 2.78. The maximum atomic E-state index is 13.9.